The largest absolute Gasteiger partial charge is 0.321 e. The van der Waals surface area contributed by atoms with Gasteiger partial charge in [0.1, 0.15) is 0 Å². The highest BCUT2D eigenvalue weighted by Crippen LogP contribution is 2.23. The number of fused-ring (bicyclic) bond motifs is 1. The van der Waals surface area contributed by atoms with Crippen LogP contribution in [0, 0.1) is 6.92 Å². The second-order valence-electron chi connectivity index (χ2n) is 7.76. The summed E-state index contributed by atoms with van der Waals surface area (Å²) < 4.78 is 27.7. The van der Waals surface area contributed by atoms with Crippen LogP contribution >= 0.6 is 0 Å². The van der Waals surface area contributed by atoms with Gasteiger partial charge in [0.25, 0.3) is 5.56 Å². The number of rotatable bonds is 4. The van der Waals surface area contributed by atoms with E-state index in [1.807, 2.05) is 37.3 Å². The number of hydrogen-bond acceptors (Lipinski definition) is 3. The Labute approximate surface area is 159 Å². The van der Waals surface area contributed by atoms with Crippen LogP contribution in [0.1, 0.15) is 37.5 Å². The monoisotopic (exact) mass is 384 g/mol. The van der Waals surface area contributed by atoms with Crippen LogP contribution in [0.15, 0.2) is 58.2 Å². The van der Waals surface area contributed by atoms with Crippen LogP contribution in [-0.2, 0) is 22.0 Å². The van der Waals surface area contributed by atoms with E-state index in [2.05, 4.69) is 30.5 Å². The fourth-order valence-electron chi connectivity index (χ4n) is 2.95. The lowest BCUT2D eigenvalue weighted by Crippen LogP contribution is -2.27. The average Bonchev–Trinajstić information content (AvgIpc) is 2.60. The summed E-state index contributed by atoms with van der Waals surface area (Å²) in [6, 6.07) is 14.3. The summed E-state index contributed by atoms with van der Waals surface area (Å²) in [5.74, 6) is 0. The zero-order chi connectivity index (χ0) is 19.8. The smallest absolute Gasteiger partial charge is 0.252 e. The molecule has 0 fully saturated rings. The standard InChI is InChI=1S/C21H24N2O3S/c1-14-6-5-7-15-12-16(20(24)23-19(14)15)13-22-27(25,26)18-10-8-17(9-11-18)21(2,3)4/h5-12,22H,13H2,1-4H3,(H,23,24). The quantitative estimate of drug-likeness (QED) is 0.721. The summed E-state index contributed by atoms with van der Waals surface area (Å²) in [6.45, 7) is 8.07. The van der Waals surface area contributed by atoms with Gasteiger partial charge in [-0.1, -0.05) is 51.1 Å². The van der Waals surface area contributed by atoms with E-state index < -0.39 is 10.0 Å². The number of benzene rings is 2. The van der Waals surface area contributed by atoms with Crippen molar-refractivity contribution < 1.29 is 8.42 Å². The Morgan fingerprint density at radius 2 is 1.70 bits per heavy atom. The normalized spacial score (nSPS) is 12.4. The third-order valence-electron chi connectivity index (χ3n) is 4.65. The molecule has 27 heavy (non-hydrogen) atoms. The molecular weight excluding hydrogens is 360 g/mol. The second kappa shape index (κ2) is 6.94. The first kappa shape index (κ1) is 19.3. The Balaban J connectivity index is 1.84. The number of aromatic amines is 1. The van der Waals surface area contributed by atoms with Crippen LogP contribution in [0.3, 0.4) is 0 Å². The number of nitrogens with one attached hydrogen (secondary N) is 2. The second-order valence-corrected chi connectivity index (χ2v) is 9.53. The predicted octanol–water partition coefficient (Wildman–Crippen LogP) is 3.61. The van der Waals surface area contributed by atoms with Crippen molar-refractivity contribution in [2.24, 2.45) is 0 Å². The fourth-order valence-corrected chi connectivity index (χ4v) is 3.96. The molecule has 0 unspecified atom stereocenters. The average molecular weight is 385 g/mol. The fraction of sp³-hybridized carbons (Fsp3) is 0.286. The van der Waals surface area contributed by atoms with Gasteiger partial charge in [0.2, 0.25) is 10.0 Å². The molecule has 1 heterocycles. The number of pyridine rings is 1. The Morgan fingerprint density at radius 1 is 1.04 bits per heavy atom. The number of aryl methyl sites for hydroxylation is 1. The zero-order valence-corrected chi connectivity index (χ0v) is 16.8. The van der Waals surface area contributed by atoms with Gasteiger partial charge in [0, 0.05) is 12.1 Å². The van der Waals surface area contributed by atoms with Crippen LogP contribution in [0.5, 0.6) is 0 Å². The molecule has 0 atom stereocenters. The van der Waals surface area contributed by atoms with Crippen LogP contribution in [0.2, 0.25) is 0 Å². The van der Waals surface area contributed by atoms with Crippen molar-refractivity contribution in [2.75, 3.05) is 0 Å². The molecule has 3 aromatic rings. The van der Waals surface area contributed by atoms with Crippen LogP contribution in [0.4, 0.5) is 0 Å². The summed E-state index contributed by atoms with van der Waals surface area (Å²) in [6.07, 6.45) is 0. The van der Waals surface area contributed by atoms with Crippen LogP contribution in [0.25, 0.3) is 10.9 Å². The molecule has 0 aliphatic carbocycles. The van der Waals surface area contributed by atoms with Gasteiger partial charge in [0.05, 0.1) is 10.4 Å². The van der Waals surface area contributed by atoms with E-state index in [-0.39, 0.29) is 22.4 Å². The molecule has 0 bridgehead atoms. The molecule has 3 rings (SSSR count). The van der Waals surface area contributed by atoms with Crippen molar-refractivity contribution >= 4 is 20.9 Å². The molecule has 0 saturated carbocycles. The number of aromatic nitrogens is 1. The van der Waals surface area contributed by atoms with Gasteiger partial charge < -0.3 is 4.98 Å². The maximum atomic E-state index is 12.6. The van der Waals surface area contributed by atoms with E-state index in [1.165, 1.54) is 0 Å². The van der Waals surface area contributed by atoms with Crippen LogP contribution in [-0.4, -0.2) is 13.4 Å². The van der Waals surface area contributed by atoms with E-state index in [0.29, 0.717) is 5.56 Å². The lowest BCUT2D eigenvalue weighted by atomic mass is 9.87. The van der Waals surface area contributed by atoms with E-state index in [0.717, 1.165) is 22.0 Å². The minimum Gasteiger partial charge on any atom is -0.321 e. The molecule has 6 heteroatoms. The lowest BCUT2D eigenvalue weighted by Gasteiger charge is -2.19. The molecular formula is C21H24N2O3S. The molecule has 2 N–H and O–H groups in total. The molecule has 0 radical (unpaired) electrons. The topological polar surface area (TPSA) is 79.0 Å². The minimum absolute atomic E-state index is 0.0494. The maximum absolute atomic E-state index is 12.6. The highest BCUT2D eigenvalue weighted by Gasteiger charge is 2.18. The number of hydrogen-bond donors (Lipinski definition) is 2. The van der Waals surface area contributed by atoms with E-state index >= 15 is 0 Å². The molecule has 142 valence electrons. The molecule has 0 saturated heterocycles. The van der Waals surface area contributed by atoms with Gasteiger partial charge >= 0.3 is 0 Å². The number of para-hydroxylation sites is 1. The molecule has 0 aliphatic rings. The summed E-state index contributed by atoms with van der Waals surface area (Å²) in [5.41, 5.74) is 2.84. The summed E-state index contributed by atoms with van der Waals surface area (Å²) in [4.78, 5) is 15.3. The molecule has 0 aliphatic heterocycles. The van der Waals surface area contributed by atoms with Crippen molar-refractivity contribution in [1.82, 2.24) is 9.71 Å². The van der Waals surface area contributed by atoms with E-state index in [1.54, 1.807) is 18.2 Å². The highest BCUT2D eigenvalue weighted by atomic mass is 32.2. The van der Waals surface area contributed by atoms with Crippen molar-refractivity contribution in [3.63, 3.8) is 0 Å². The minimum atomic E-state index is -3.70. The SMILES string of the molecule is Cc1cccc2cc(CNS(=O)(=O)c3ccc(C(C)(C)C)cc3)c(=O)[nH]c12. The maximum Gasteiger partial charge on any atom is 0.252 e. The van der Waals surface area contributed by atoms with Gasteiger partial charge in [-0.25, -0.2) is 13.1 Å². The first-order valence-electron chi connectivity index (χ1n) is 8.80. The Morgan fingerprint density at radius 3 is 2.33 bits per heavy atom. The summed E-state index contributed by atoms with van der Waals surface area (Å²) in [7, 11) is -3.70. The van der Waals surface area contributed by atoms with Crippen molar-refractivity contribution in [2.45, 2.75) is 44.6 Å². The molecule has 1 aromatic heterocycles. The van der Waals surface area contributed by atoms with Crippen LogP contribution < -0.4 is 10.3 Å². The number of sulfonamides is 1. The Kier molecular flexibility index (Phi) is 4.97. The summed E-state index contributed by atoms with van der Waals surface area (Å²) >= 11 is 0. The molecule has 2 aromatic carbocycles. The van der Waals surface area contributed by atoms with Gasteiger partial charge in [-0.05, 0) is 47.1 Å². The van der Waals surface area contributed by atoms with Gasteiger partial charge in [-0.3, -0.25) is 4.79 Å². The Bertz CT molecular complexity index is 1140. The molecule has 0 spiro atoms. The van der Waals surface area contributed by atoms with Crippen molar-refractivity contribution in [3.8, 4) is 0 Å². The van der Waals surface area contributed by atoms with Crippen molar-refractivity contribution in [1.29, 1.82) is 0 Å². The predicted molar refractivity (Wildman–Crippen MR) is 108 cm³/mol. The molecule has 0 amide bonds. The van der Waals surface area contributed by atoms with Gasteiger partial charge in [-0.15, -0.1) is 0 Å². The van der Waals surface area contributed by atoms with Gasteiger partial charge in [-0.2, -0.15) is 0 Å². The van der Waals surface area contributed by atoms with E-state index in [4.69, 9.17) is 0 Å². The number of H-pyrrole nitrogens is 1. The highest BCUT2D eigenvalue weighted by molar-refractivity contribution is 7.89. The van der Waals surface area contributed by atoms with Gasteiger partial charge in [0.15, 0.2) is 0 Å². The van der Waals surface area contributed by atoms with Crippen molar-refractivity contribution in [3.05, 3.63) is 75.6 Å². The summed E-state index contributed by atoms with van der Waals surface area (Å²) in [5, 5.41) is 0.873. The third kappa shape index (κ3) is 4.12. The molecule has 5 nitrogen and oxygen atoms in total. The lowest BCUT2D eigenvalue weighted by molar-refractivity contribution is 0.578. The first-order valence-corrected chi connectivity index (χ1v) is 10.3. The Hall–Kier alpha value is -2.44. The zero-order valence-electron chi connectivity index (χ0n) is 16.0. The van der Waals surface area contributed by atoms with E-state index in [9.17, 15) is 13.2 Å². The third-order valence-corrected chi connectivity index (χ3v) is 6.07. The first-order chi connectivity index (χ1) is 12.6.